The van der Waals surface area contributed by atoms with Gasteiger partial charge in [0.05, 0.1) is 12.6 Å². The van der Waals surface area contributed by atoms with Crippen molar-refractivity contribution in [3.8, 4) is 0 Å². The van der Waals surface area contributed by atoms with E-state index in [1.54, 1.807) is 4.90 Å². The summed E-state index contributed by atoms with van der Waals surface area (Å²) in [5.41, 5.74) is 6.40. The molecule has 0 spiro atoms. The number of nitrogens with zero attached hydrogens (tertiary/aromatic N) is 2. The third kappa shape index (κ3) is 3.82. The van der Waals surface area contributed by atoms with Crippen molar-refractivity contribution in [1.82, 2.24) is 9.80 Å². The van der Waals surface area contributed by atoms with E-state index in [1.807, 2.05) is 35.2 Å². The number of carbonyl (C=O) groups is 2. The molecule has 1 heterocycles. The standard InChI is InChI=1S/C17H23N3O3/c18-10-16(21)19-9-8-15(11-19)20(14-6-7-14)17(22)23-12-13-4-2-1-3-5-13/h1-5,14-15H,6-12,18H2. The van der Waals surface area contributed by atoms with Gasteiger partial charge in [-0.3, -0.25) is 4.79 Å². The first-order chi connectivity index (χ1) is 11.2. The van der Waals surface area contributed by atoms with Crippen molar-refractivity contribution in [2.45, 2.75) is 38.0 Å². The Bertz CT molecular complexity index is 559. The minimum atomic E-state index is -0.275. The lowest BCUT2D eigenvalue weighted by Gasteiger charge is -2.28. The van der Waals surface area contributed by atoms with Crippen LogP contribution in [0.2, 0.25) is 0 Å². The van der Waals surface area contributed by atoms with E-state index in [1.165, 1.54) is 0 Å². The van der Waals surface area contributed by atoms with Gasteiger partial charge in [0.1, 0.15) is 6.61 Å². The molecule has 2 N–H and O–H groups in total. The second kappa shape index (κ2) is 7.00. The number of benzene rings is 1. The maximum atomic E-state index is 12.5. The molecule has 1 saturated carbocycles. The van der Waals surface area contributed by atoms with E-state index in [9.17, 15) is 9.59 Å². The zero-order valence-corrected chi connectivity index (χ0v) is 13.2. The van der Waals surface area contributed by atoms with Crippen LogP contribution in [0.3, 0.4) is 0 Å². The lowest BCUT2D eigenvalue weighted by Crippen LogP contribution is -2.45. The number of ether oxygens (including phenoxy) is 1. The average molecular weight is 317 g/mol. The summed E-state index contributed by atoms with van der Waals surface area (Å²) in [5.74, 6) is -0.0547. The van der Waals surface area contributed by atoms with Gasteiger partial charge in [-0.15, -0.1) is 0 Å². The summed E-state index contributed by atoms with van der Waals surface area (Å²) in [5, 5.41) is 0. The van der Waals surface area contributed by atoms with Crippen molar-refractivity contribution in [2.75, 3.05) is 19.6 Å². The van der Waals surface area contributed by atoms with Crippen LogP contribution in [0.15, 0.2) is 30.3 Å². The van der Waals surface area contributed by atoms with Gasteiger partial charge in [-0.1, -0.05) is 30.3 Å². The summed E-state index contributed by atoms with van der Waals surface area (Å²) in [6.45, 7) is 1.53. The van der Waals surface area contributed by atoms with Gasteiger partial charge in [-0.25, -0.2) is 4.79 Å². The predicted molar refractivity (Wildman–Crippen MR) is 85.5 cm³/mol. The van der Waals surface area contributed by atoms with Crippen molar-refractivity contribution >= 4 is 12.0 Å². The van der Waals surface area contributed by atoms with Gasteiger partial charge < -0.3 is 20.3 Å². The van der Waals surface area contributed by atoms with Crippen LogP contribution >= 0.6 is 0 Å². The lowest BCUT2D eigenvalue weighted by atomic mass is 10.2. The van der Waals surface area contributed by atoms with Crippen molar-refractivity contribution in [3.05, 3.63) is 35.9 Å². The van der Waals surface area contributed by atoms with Gasteiger partial charge in [-0.05, 0) is 24.8 Å². The van der Waals surface area contributed by atoms with Gasteiger partial charge in [0, 0.05) is 19.1 Å². The molecule has 1 aliphatic heterocycles. The van der Waals surface area contributed by atoms with Crippen molar-refractivity contribution in [1.29, 1.82) is 0 Å². The smallest absolute Gasteiger partial charge is 0.410 e. The number of hydrogen-bond acceptors (Lipinski definition) is 4. The second-order valence-electron chi connectivity index (χ2n) is 6.17. The normalized spacial score (nSPS) is 20.4. The van der Waals surface area contributed by atoms with Crippen LogP contribution in [-0.2, 0) is 16.1 Å². The largest absolute Gasteiger partial charge is 0.445 e. The molecule has 0 bridgehead atoms. The highest BCUT2D eigenvalue weighted by Gasteiger charge is 2.41. The van der Waals surface area contributed by atoms with Crippen LogP contribution in [0, 0.1) is 0 Å². The molecule has 6 nitrogen and oxygen atoms in total. The van der Waals surface area contributed by atoms with E-state index in [0.29, 0.717) is 13.1 Å². The van der Waals surface area contributed by atoms with Crippen LogP contribution < -0.4 is 5.73 Å². The summed E-state index contributed by atoms with van der Waals surface area (Å²) in [7, 11) is 0. The molecular formula is C17H23N3O3. The Balaban J connectivity index is 1.58. The summed E-state index contributed by atoms with van der Waals surface area (Å²) in [6.07, 6.45) is 2.55. The monoisotopic (exact) mass is 317 g/mol. The zero-order chi connectivity index (χ0) is 16.2. The molecular weight excluding hydrogens is 294 g/mol. The first kappa shape index (κ1) is 15.8. The molecule has 1 saturated heterocycles. The average Bonchev–Trinajstić information content (AvgIpc) is 3.29. The summed E-state index contributed by atoms with van der Waals surface area (Å²) < 4.78 is 5.48. The molecule has 2 aliphatic rings. The minimum Gasteiger partial charge on any atom is -0.445 e. The number of rotatable bonds is 5. The van der Waals surface area contributed by atoms with E-state index in [-0.39, 0.29) is 37.2 Å². The van der Waals surface area contributed by atoms with Gasteiger partial charge in [0.25, 0.3) is 0 Å². The minimum absolute atomic E-state index is 0.0224. The molecule has 1 aliphatic carbocycles. The van der Waals surface area contributed by atoms with Crippen molar-refractivity contribution in [2.24, 2.45) is 5.73 Å². The van der Waals surface area contributed by atoms with Crippen LogP contribution in [0.25, 0.3) is 0 Å². The summed E-state index contributed by atoms with van der Waals surface area (Å²) >= 11 is 0. The fourth-order valence-corrected chi connectivity index (χ4v) is 3.07. The van der Waals surface area contributed by atoms with Gasteiger partial charge in [0.2, 0.25) is 5.91 Å². The Morgan fingerprint density at radius 1 is 1.17 bits per heavy atom. The molecule has 124 valence electrons. The third-order valence-corrected chi connectivity index (χ3v) is 4.44. The first-order valence-electron chi connectivity index (χ1n) is 8.16. The topological polar surface area (TPSA) is 75.9 Å². The van der Waals surface area contributed by atoms with Crippen LogP contribution in [0.5, 0.6) is 0 Å². The molecule has 1 unspecified atom stereocenters. The molecule has 6 heteroatoms. The zero-order valence-electron chi connectivity index (χ0n) is 13.2. The molecule has 1 aromatic carbocycles. The highest BCUT2D eigenvalue weighted by Crippen LogP contribution is 2.32. The molecule has 1 atom stereocenters. The van der Waals surface area contributed by atoms with Crippen LogP contribution in [-0.4, -0.2) is 53.5 Å². The van der Waals surface area contributed by atoms with Gasteiger partial charge in [0.15, 0.2) is 0 Å². The number of carbonyl (C=O) groups excluding carboxylic acids is 2. The predicted octanol–water partition coefficient (Wildman–Crippen LogP) is 1.35. The van der Waals surface area contributed by atoms with E-state index < -0.39 is 0 Å². The molecule has 2 amide bonds. The quantitative estimate of drug-likeness (QED) is 0.889. The van der Waals surface area contributed by atoms with Crippen molar-refractivity contribution in [3.63, 3.8) is 0 Å². The molecule has 1 aromatic rings. The van der Waals surface area contributed by atoms with Crippen LogP contribution in [0.1, 0.15) is 24.8 Å². The maximum absolute atomic E-state index is 12.5. The van der Waals surface area contributed by atoms with Gasteiger partial charge in [-0.2, -0.15) is 0 Å². The van der Waals surface area contributed by atoms with Gasteiger partial charge >= 0.3 is 6.09 Å². The SMILES string of the molecule is NCC(=O)N1CCC(N(C(=O)OCc2ccccc2)C2CC2)C1. The number of hydrogen-bond donors (Lipinski definition) is 1. The molecule has 3 rings (SSSR count). The Hall–Kier alpha value is -2.08. The molecule has 0 radical (unpaired) electrons. The Morgan fingerprint density at radius 3 is 2.57 bits per heavy atom. The van der Waals surface area contributed by atoms with E-state index in [0.717, 1.165) is 24.8 Å². The van der Waals surface area contributed by atoms with Crippen molar-refractivity contribution < 1.29 is 14.3 Å². The molecule has 23 heavy (non-hydrogen) atoms. The number of nitrogens with two attached hydrogens (primary N) is 1. The van der Waals surface area contributed by atoms with E-state index >= 15 is 0 Å². The molecule has 0 aromatic heterocycles. The lowest BCUT2D eigenvalue weighted by molar-refractivity contribution is -0.128. The summed E-state index contributed by atoms with van der Waals surface area (Å²) in [4.78, 5) is 27.8. The Kier molecular flexibility index (Phi) is 4.81. The first-order valence-corrected chi connectivity index (χ1v) is 8.16. The fourth-order valence-electron chi connectivity index (χ4n) is 3.07. The number of likely N-dealkylation sites (tertiary alicyclic amines) is 1. The third-order valence-electron chi connectivity index (χ3n) is 4.44. The molecule has 2 fully saturated rings. The fraction of sp³-hybridized carbons (Fsp3) is 0.529. The Labute approximate surface area is 136 Å². The highest BCUT2D eigenvalue weighted by molar-refractivity contribution is 5.78. The highest BCUT2D eigenvalue weighted by atomic mass is 16.6. The summed E-state index contributed by atoms with van der Waals surface area (Å²) in [6, 6.07) is 9.96. The van der Waals surface area contributed by atoms with E-state index in [2.05, 4.69) is 0 Å². The Morgan fingerprint density at radius 2 is 1.91 bits per heavy atom. The van der Waals surface area contributed by atoms with E-state index in [4.69, 9.17) is 10.5 Å². The second-order valence-corrected chi connectivity index (χ2v) is 6.17. The number of amides is 2. The van der Waals surface area contributed by atoms with Crippen LogP contribution in [0.4, 0.5) is 4.79 Å². The maximum Gasteiger partial charge on any atom is 0.410 e.